The van der Waals surface area contributed by atoms with E-state index in [9.17, 15) is 26.4 Å². The van der Waals surface area contributed by atoms with Crippen molar-refractivity contribution in [3.63, 3.8) is 0 Å². The van der Waals surface area contributed by atoms with Crippen LogP contribution in [0.1, 0.15) is 30.9 Å². The Bertz CT molecular complexity index is 870. The lowest BCUT2D eigenvalue weighted by atomic mass is 10.1. The normalized spacial score (nSPS) is 17.5. The van der Waals surface area contributed by atoms with Crippen LogP contribution in [0.4, 0.5) is 13.2 Å². The number of hydrogen-bond acceptors (Lipinski definition) is 6. The summed E-state index contributed by atoms with van der Waals surface area (Å²) in [4.78, 5) is 20.5. The van der Waals surface area contributed by atoms with Crippen LogP contribution < -0.4 is 11.0 Å². The van der Waals surface area contributed by atoms with Gasteiger partial charge in [-0.2, -0.15) is 13.2 Å². The molecule has 0 aromatic carbocycles. The Morgan fingerprint density at radius 2 is 1.96 bits per heavy atom. The van der Waals surface area contributed by atoms with Gasteiger partial charge in [-0.3, -0.25) is 19.7 Å². The molecule has 0 saturated carbocycles. The summed E-state index contributed by atoms with van der Waals surface area (Å²) in [6.07, 6.45) is -3.72. The summed E-state index contributed by atoms with van der Waals surface area (Å²) < 4.78 is 65.1. The van der Waals surface area contributed by atoms with E-state index in [0.717, 1.165) is 4.57 Å². The fourth-order valence-electron chi connectivity index (χ4n) is 2.10. The van der Waals surface area contributed by atoms with E-state index >= 15 is 0 Å². The number of nitrogens with zero attached hydrogens (tertiary/aromatic N) is 2. The fourth-order valence-corrected chi connectivity index (χ4v) is 3.52. The van der Waals surface area contributed by atoms with Crippen LogP contribution in [0, 0.1) is 6.92 Å². The first-order chi connectivity index (χ1) is 10.7. The molecule has 0 radical (unpaired) electrons. The Hall–Kier alpha value is -1.88. The standard InChI is InChI=1S/C13H16F3N3O4S/c1-7-17-10(13(14,15)16)8(11(20)19(7)4)6-24(21,22)9-5-12(2,3)23-18-9/h5,18H,6H2,1-4H3. The van der Waals surface area contributed by atoms with Crippen LogP contribution in [0.3, 0.4) is 0 Å². The highest BCUT2D eigenvalue weighted by Gasteiger charge is 2.40. The third-order valence-electron chi connectivity index (χ3n) is 3.44. The molecule has 2 rings (SSSR count). The quantitative estimate of drug-likeness (QED) is 0.863. The van der Waals surface area contributed by atoms with Gasteiger partial charge < -0.3 is 0 Å². The van der Waals surface area contributed by atoms with Crippen LogP contribution in [0.15, 0.2) is 15.9 Å². The number of rotatable bonds is 3. The molecular formula is C13H16F3N3O4S. The van der Waals surface area contributed by atoms with Crippen molar-refractivity contribution in [1.82, 2.24) is 15.0 Å². The predicted octanol–water partition coefficient (Wildman–Crippen LogP) is 1.18. The van der Waals surface area contributed by atoms with Gasteiger partial charge in [0.1, 0.15) is 11.4 Å². The molecule has 0 amide bonds. The van der Waals surface area contributed by atoms with E-state index in [1.54, 1.807) is 13.8 Å². The van der Waals surface area contributed by atoms with Crippen LogP contribution >= 0.6 is 0 Å². The smallest absolute Gasteiger partial charge is 0.300 e. The zero-order valence-electron chi connectivity index (χ0n) is 13.4. The summed E-state index contributed by atoms with van der Waals surface area (Å²) >= 11 is 0. The number of aryl methyl sites for hydroxylation is 1. The molecule has 0 bridgehead atoms. The molecule has 0 aliphatic carbocycles. The van der Waals surface area contributed by atoms with E-state index in [-0.39, 0.29) is 10.9 Å². The van der Waals surface area contributed by atoms with Gasteiger partial charge in [-0.1, -0.05) is 0 Å². The summed E-state index contributed by atoms with van der Waals surface area (Å²) in [6, 6.07) is 0. The SMILES string of the molecule is Cc1nc(C(F)(F)F)c(CS(=O)(=O)C2=CC(C)(C)ON2)c(=O)n1C. The molecule has 134 valence electrons. The minimum atomic E-state index is -4.95. The third kappa shape index (κ3) is 3.46. The van der Waals surface area contributed by atoms with Crippen molar-refractivity contribution >= 4 is 9.84 Å². The van der Waals surface area contributed by atoms with Gasteiger partial charge in [0, 0.05) is 7.05 Å². The van der Waals surface area contributed by atoms with E-state index in [1.807, 2.05) is 0 Å². The molecule has 24 heavy (non-hydrogen) atoms. The van der Waals surface area contributed by atoms with Crippen molar-refractivity contribution in [2.24, 2.45) is 7.05 Å². The number of halogens is 3. The van der Waals surface area contributed by atoms with Gasteiger partial charge >= 0.3 is 6.18 Å². The molecule has 0 spiro atoms. The third-order valence-corrected chi connectivity index (χ3v) is 4.98. The topological polar surface area (TPSA) is 90.3 Å². The van der Waals surface area contributed by atoms with E-state index in [4.69, 9.17) is 4.84 Å². The predicted molar refractivity (Wildman–Crippen MR) is 78.2 cm³/mol. The zero-order valence-corrected chi connectivity index (χ0v) is 14.2. The number of nitrogens with one attached hydrogen (secondary N) is 1. The number of hydrogen-bond donors (Lipinski definition) is 1. The van der Waals surface area contributed by atoms with E-state index in [2.05, 4.69) is 10.5 Å². The van der Waals surface area contributed by atoms with Crippen LogP contribution in [0.25, 0.3) is 0 Å². The van der Waals surface area contributed by atoms with Crippen LogP contribution in [0.5, 0.6) is 0 Å². The second kappa shape index (κ2) is 5.59. The maximum absolute atomic E-state index is 13.2. The summed E-state index contributed by atoms with van der Waals surface area (Å²) in [7, 11) is -3.02. The molecule has 7 nitrogen and oxygen atoms in total. The Morgan fingerprint density at radius 3 is 2.42 bits per heavy atom. The minimum absolute atomic E-state index is 0.170. The molecule has 0 unspecified atom stereocenters. The minimum Gasteiger partial charge on any atom is -0.300 e. The van der Waals surface area contributed by atoms with Crippen molar-refractivity contribution in [2.45, 2.75) is 38.3 Å². The highest BCUT2D eigenvalue weighted by atomic mass is 32.2. The van der Waals surface area contributed by atoms with Gasteiger partial charge in [-0.15, -0.1) is 0 Å². The maximum Gasteiger partial charge on any atom is 0.433 e. The van der Waals surface area contributed by atoms with Crippen molar-refractivity contribution in [3.05, 3.63) is 38.5 Å². The molecule has 0 fully saturated rings. The second-order valence-corrected chi connectivity index (χ2v) is 7.88. The van der Waals surface area contributed by atoms with E-state index in [0.29, 0.717) is 0 Å². The van der Waals surface area contributed by atoms with Crippen LogP contribution in [-0.2, 0) is 33.7 Å². The first kappa shape index (κ1) is 18.5. The molecule has 1 aliphatic rings. The largest absolute Gasteiger partial charge is 0.433 e. The van der Waals surface area contributed by atoms with Gasteiger partial charge in [0.25, 0.3) is 5.56 Å². The molecule has 0 saturated heterocycles. The molecule has 0 atom stereocenters. The Balaban J connectivity index is 2.58. The summed E-state index contributed by atoms with van der Waals surface area (Å²) in [6.45, 7) is 4.36. The molecule has 11 heteroatoms. The van der Waals surface area contributed by atoms with E-state index in [1.165, 1.54) is 20.0 Å². The number of aromatic nitrogens is 2. The lowest BCUT2D eigenvalue weighted by molar-refractivity contribution is -0.142. The van der Waals surface area contributed by atoms with Gasteiger partial charge in [0.15, 0.2) is 20.6 Å². The molecule has 1 aromatic heterocycles. The average Bonchev–Trinajstić information content (AvgIpc) is 2.79. The first-order valence-electron chi connectivity index (χ1n) is 6.78. The van der Waals surface area contributed by atoms with Crippen molar-refractivity contribution in [1.29, 1.82) is 0 Å². The van der Waals surface area contributed by atoms with Gasteiger partial charge in [0.2, 0.25) is 0 Å². The highest BCUT2D eigenvalue weighted by molar-refractivity contribution is 7.94. The number of alkyl halides is 3. The lowest BCUT2D eigenvalue weighted by Gasteiger charge is -2.15. The van der Waals surface area contributed by atoms with Gasteiger partial charge in [0.05, 0.1) is 11.3 Å². The van der Waals surface area contributed by atoms with E-state index < -0.39 is 44.2 Å². The zero-order chi connectivity index (χ0) is 18.5. The lowest BCUT2D eigenvalue weighted by Crippen LogP contribution is -2.32. The maximum atomic E-state index is 13.2. The van der Waals surface area contributed by atoms with Gasteiger partial charge in [-0.05, 0) is 26.8 Å². The molecular weight excluding hydrogens is 351 g/mol. The Kier molecular flexibility index (Phi) is 4.30. The Morgan fingerprint density at radius 1 is 1.38 bits per heavy atom. The highest BCUT2D eigenvalue weighted by Crippen LogP contribution is 2.31. The van der Waals surface area contributed by atoms with Crippen LogP contribution in [0.2, 0.25) is 0 Å². The molecule has 1 N–H and O–H groups in total. The van der Waals surface area contributed by atoms with Gasteiger partial charge in [-0.25, -0.2) is 13.4 Å². The number of sulfone groups is 1. The Labute approximate surface area is 136 Å². The summed E-state index contributed by atoms with van der Waals surface area (Å²) in [5.74, 6) is -1.31. The van der Waals surface area contributed by atoms with Crippen molar-refractivity contribution in [3.8, 4) is 0 Å². The van der Waals surface area contributed by atoms with Crippen LogP contribution in [-0.4, -0.2) is 23.6 Å². The van der Waals surface area contributed by atoms with Crippen molar-refractivity contribution < 1.29 is 26.4 Å². The summed E-state index contributed by atoms with van der Waals surface area (Å²) in [5.41, 5.74) is -2.25. The monoisotopic (exact) mass is 367 g/mol. The summed E-state index contributed by atoms with van der Waals surface area (Å²) in [5, 5.41) is -0.386. The molecule has 2 heterocycles. The fraction of sp³-hybridized carbons (Fsp3) is 0.538. The second-order valence-electron chi connectivity index (χ2n) is 5.92. The first-order valence-corrected chi connectivity index (χ1v) is 8.43. The molecule has 1 aliphatic heterocycles. The number of hydroxylamine groups is 1. The average molecular weight is 367 g/mol. The van der Waals surface area contributed by atoms with Crippen molar-refractivity contribution in [2.75, 3.05) is 0 Å². The molecule has 1 aromatic rings.